The summed E-state index contributed by atoms with van der Waals surface area (Å²) in [7, 11) is 1.69. The maximum atomic E-state index is 5.60. The van der Waals surface area contributed by atoms with Gasteiger partial charge in [-0.05, 0) is 45.6 Å². The molecule has 0 unspecified atom stereocenters. The first kappa shape index (κ1) is 14.1. The molecule has 0 atom stereocenters. The molecule has 5 heteroatoms. The smallest absolute Gasteiger partial charge is 0.122 e. The average Bonchev–Trinajstić information content (AvgIpc) is 2.79. The van der Waals surface area contributed by atoms with E-state index in [9.17, 15) is 0 Å². The second kappa shape index (κ2) is 5.75. The number of hydrogen-bond acceptors (Lipinski definition) is 3. The zero-order valence-corrected chi connectivity index (χ0v) is 12.9. The molecule has 0 fully saturated rings. The fourth-order valence-corrected chi connectivity index (χ4v) is 2.57. The number of nitrogens with two attached hydrogens (primary N) is 1. The molecule has 2 rings (SSSR count). The standard InChI is InChI=1S/C14H18BrN3O/c1-8(2)10-6-9(4-5-11(10)19-3)13-14(15)18-12(7-16)17-13/h4-6,8H,7,16H2,1-3H3,(H,17,18). The normalized spacial score (nSPS) is 11.1. The number of halogens is 1. The highest BCUT2D eigenvalue weighted by Gasteiger charge is 2.13. The van der Waals surface area contributed by atoms with Crippen LogP contribution in [0, 0.1) is 0 Å². The van der Waals surface area contributed by atoms with Crippen molar-refractivity contribution in [1.29, 1.82) is 0 Å². The Morgan fingerprint density at radius 2 is 2.16 bits per heavy atom. The summed E-state index contributed by atoms with van der Waals surface area (Å²) in [6, 6.07) is 6.10. The Hall–Kier alpha value is -1.33. The summed E-state index contributed by atoms with van der Waals surface area (Å²) in [5, 5.41) is 0. The molecular weight excluding hydrogens is 306 g/mol. The second-order valence-electron chi connectivity index (χ2n) is 4.66. The third-order valence-electron chi connectivity index (χ3n) is 3.03. The van der Waals surface area contributed by atoms with Gasteiger partial charge in [0.25, 0.3) is 0 Å². The largest absolute Gasteiger partial charge is 0.496 e. The molecule has 3 N–H and O–H groups in total. The number of H-pyrrole nitrogens is 1. The summed E-state index contributed by atoms with van der Waals surface area (Å²) in [6.45, 7) is 4.69. The first-order valence-corrected chi connectivity index (χ1v) is 6.98. The van der Waals surface area contributed by atoms with Crippen molar-refractivity contribution >= 4 is 15.9 Å². The van der Waals surface area contributed by atoms with Crippen LogP contribution >= 0.6 is 15.9 Å². The average molecular weight is 324 g/mol. The highest BCUT2D eigenvalue weighted by Crippen LogP contribution is 2.33. The molecule has 0 aliphatic heterocycles. The Morgan fingerprint density at radius 3 is 2.68 bits per heavy atom. The fourth-order valence-electron chi connectivity index (χ4n) is 2.02. The van der Waals surface area contributed by atoms with E-state index >= 15 is 0 Å². The van der Waals surface area contributed by atoms with Gasteiger partial charge in [-0.3, -0.25) is 0 Å². The van der Waals surface area contributed by atoms with E-state index in [1.807, 2.05) is 12.1 Å². The van der Waals surface area contributed by atoms with Crippen LogP contribution in [0.4, 0.5) is 0 Å². The third-order valence-corrected chi connectivity index (χ3v) is 3.60. The molecule has 0 aliphatic carbocycles. The van der Waals surface area contributed by atoms with Crippen molar-refractivity contribution in [3.8, 4) is 17.0 Å². The van der Waals surface area contributed by atoms with Crippen molar-refractivity contribution in [2.45, 2.75) is 26.3 Å². The summed E-state index contributed by atoms with van der Waals surface area (Å²) < 4.78 is 6.25. The van der Waals surface area contributed by atoms with Crippen molar-refractivity contribution in [1.82, 2.24) is 9.97 Å². The molecule has 0 aliphatic rings. The van der Waals surface area contributed by atoms with Gasteiger partial charge in [0, 0.05) is 5.56 Å². The van der Waals surface area contributed by atoms with Gasteiger partial charge in [-0.1, -0.05) is 13.8 Å². The van der Waals surface area contributed by atoms with Gasteiger partial charge in [0.2, 0.25) is 0 Å². The van der Waals surface area contributed by atoms with Crippen molar-refractivity contribution in [3.63, 3.8) is 0 Å². The van der Waals surface area contributed by atoms with E-state index in [4.69, 9.17) is 10.5 Å². The Balaban J connectivity index is 2.50. The number of benzene rings is 1. The molecule has 102 valence electrons. The number of aromatic amines is 1. The quantitative estimate of drug-likeness (QED) is 0.906. The number of rotatable bonds is 4. The molecule has 19 heavy (non-hydrogen) atoms. The molecule has 0 spiro atoms. The zero-order chi connectivity index (χ0) is 14.0. The van der Waals surface area contributed by atoms with Crippen molar-refractivity contribution in [2.75, 3.05) is 7.11 Å². The first-order valence-electron chi connectivity index (χ1n) is 6.19. The summed E-state index contributed by atoms with van der Waals surface area (Å²) in [5.74, 6) is 2.06. The lowest BCUT2D eigenvalue weighted by Crippen LogP contribution is -1.98. The monoisotopic (exact) mass is 323 g/mol. The number of ether oxygens (including phenoxy) is 1. The zero-order valence-electron chi connectivity index (χ0n) is 11.3. The summed E-state index contributed by atoms with van der Waals surface area (Å²) in [6.07, 6.45) is 0. The van der Waals surface area contributed by atoms with Gasteiger partial charge in [-0.25, -0.2) is 4.98 Å². The fraction of sp³-hybridized carbons (Fsp3) is 0.357. The molecule has 2 aromatic rings. The van der Waals surface area contributed by atoms with Gasteiger partial charge in [0.15, 0.2) is 0 Å². The van der Waals surface area contributed by atoms with E-state index in [1.54, 1.807) is 7.11 Å². The van der Waals surface area contributed by atoms with Crippen LogP contribution in [0.25, 0.3) is 11.3 Å². The van der Waals surface area contributed by atoms with Crippen molar-refractivity contribution in [2.24, 2.45) is 5.73 Å². The summed E-state index contributed by atoms with van der Waals surface area (Å²) >= 11 is 3.49. The van der Waals surface area contributed by atoms with Crippen LogP contribution in [0.15, 0.2) is 22.8 Å². The number of nitrogens with zero attached hydrogens (tertiary/aromatic N) is 1. The predicted octanol–water partition coefficient (Wildman–Crippen LogP) is 3.43. The maximum absolute atomic E-state index is 5.60. The van der Waals surface area contributed by atoms with E-state index in [0.717, 1.165) is 27.4 Å². The predicted molar refractivity (Wildman–Crippen MR) is 80.3 cm³/mol. The Labute approximate surface area is 121 Å². The SMILES string of the molecule is COc1ccc(-c2nc(CN)[nH]c2Br)cc1C(C)C. The molecule has 1 aromatic heterocycles. The van der Waals surface area contributed by atoms with Gasteiger partial charge in [0.05, 0.1) is 13.7 Å². The highest BCUT2D eigenvalue weighted by atomic mass is 79.9. The molecule has 0 amide bonds. The van der Waals surface area contributed by atoms with Gasteiger partial charge >= 0.3 is 0 Å². The van der Waals surface area contributed by atoms with Gasteiger partial charge in [-0.15, -0.1) is 0 Å². The molecular formula is C14H18BrN3O. The number of imidazole rings is 1. The molecule has 4 nitrogen and oxygen atoms in total. The lowest BCUT2D eigenvalue weighted by molar-refractivity contribution is 0.407. The lowest BCUT2D eigenvalue weighted by atomic mass is 9.98. The summed E-state index contributed by atoms with van der Waals surface area (Å²) in [5.41, 5.74) is 8.70. The first-order chi connectivity index (χ1) is 9.06. The van der Waals surface area contributed by atoms with E-state index < -0.39 is 0 Å². The minimum Gasteiger partial charge on any atom is -0.496 e. The van der Waals surface area contributed by atoms with Crippen LogP contribution in [-0.2, 0) is 6.54 Å². The van der Waals surface area contributed by atoms with E-state index in [2.05, 4.69) is 45.8 Å². The molecule has 0 radical (unpaired) electrons. The lowest BCUT2D eigenvalue weighted by Gasteiger charge is -2.13. The Bertz CT molecular complexity index is 578. The highest BCUT2D eigenvalue weighted by molar-refractivity contribution is 9.10. The van der Waals surface area contributed by atoms with Crippen LogP contribution in [0.3, 0.4) is 0 Å². The van der Waals surface area contributed by atoms with Crippen LogP contribution in [0.5, 0.6) is 5.75 Å². The molecule has 0 saturated carbocycles. The van der Waals surface area contributed by atoms with Crippen molar-refractivity contribution < 1.29 is 4.74 Å². The number of hydrogen-bond donors (Lipinski definition) is 2. The van der Waals surface area contributed by atoms with Crippen LogP contribution in [0.2, 0.25) is 0 Å². The van der Waals surface area contributed by atoms with Gasteiger partial charge < -0.3 is 15.5 Å². The molecule has 1 aromatic carbocycles. The van der Waals surface area contributed by atoms with Crippen LogP contribution in [-0.4, -0.2) is 17.1 Å². The third kappa shape index (κ3) is 2.82. The van der Waals surface area contributed by atoms with E-state index in [0.29, 0.717) is 12.5 Å². The van der Waals surface area contributed by atoms with Crippen LogP contribution in [0.1, 0.15) is 31.2 Å². The Morgan fingerprint density at radius 1 is 1.42 bits per heavy atom. The summed E-state index contributed by atoms with van der Waals surface area (Å²) in [4.78, 5) is 7.61. The number of methoxy groups -OCH3 is 1. The topological polar surface area (TPSA) is 63.9 Å². The van der Waals surface area contributed by atoms with E-state index in [1.165, 1.54) is 5.56 Å². The molecule has 0 bridgehead atoms. The van der Waals surface area contributed by atoms with Crippen LogP contribution < -0.4 is 10.5 Å². The van der Waals surface area contributed by atoms with Crippen molar-refractivity contribution in [3.05, 3.63) is 34.2 Å². The number of nitrogens with one attached hydrogen (secondary N) is 1. The van der Waals surface area contributed by atoms with Gasteiger partial charge in [0.1, 0.15) is 21.9 Å². The minimum absolute atomic E-state index is 0.390. The minimum atomic E-state index is 0.390. The molecule has 1 heterocycles. The second-order valence-corrected chi connectivity index (χ2v) is 5.45. The van der Waals surface area contributed by atoms with E-state index in [-0.39, 0.29) is 0 Å². The number of aromatic nitrogens is 2. The Kier molecular flexibility index (Phi) is 4.27. The maximum Gasteiger partial charge on any atom is 0.122 e. The van der Waals surface area contributed by atoms with Gasteiger partial charge in [-0.2, -0.15) is 0 Å². The molecule has 0 saturated heterocycles.